The van der Waals surface area contributed by atoms with Crippen molar-refractivity contribution in [3.05, 3.63) is 29.3 Å². The fourth-order valence-corrected chi connectivity index (χ4v) is 1.91. The quantitative estimate of drug-likeness (QED) is 0.706. The van der Waals surface area contributed by atoms with Crippen LogP contribution in [0, 0.1) is 6.92 Å². The van der Waals surface area contributed by atoms with Crippen molar-refractivity contribution < 1.29 is 4.74 Å². The van der Waals surface area contributed by atoms with Crippen LogP contribution in [0.5, 0.6) is 5.75 Å². The Morgan fingerprint density at radius 3 is 2.57 bits per heavy atom. The molecule has 0 aromatic heterocycles. The van der Waals surface area contributed by atoms with Crippen LogP contribution < -0.4 is 4.74 Å². The first-order valence-electron chi connectivity index (χ1n) is 5.44. The lowest BCUT2D eigenvalue weighted by Crippen LogP contribution is -2.07. The molecule has 1 aliphatic carbocycles. The van der Waals surface area contributed by atoms with Crippen molar-refractivity contribution in [1.29, 1.82) is 0 Å². The van der Waals surface area contributed by atoms with Gasteiger partial charge in [-0.05, 0) is 51.2 Å². The van der Waals surface area contributed by atoms with E-state index in [1.165, 1.54) is 24.0 Å². The molecule has 0 amide bonds. The highest BCUT2D eigenvalue weighted by Gasteiger charge is 2.28. The second-order valence-corrected chi connectivity index (χ2v) is 4.43. The SMILES string of the molecule is Cc1cccc(OC(C)C)c1C1CC1. The van der Waals surface area contributed by atoms with E-state index >= 15 is 0 Å². The van der Waals surface area contributed by atoms with E-state index in [0.717, 1.165) is 11.7 Å². The van der Waals surface area contributed by atoms with Crippen LogP contribution in [0.4, 0.5) is 0 Å². The number of hydrogen-bond acceptors (Lipinski definition) is 1. The molecule has 0 bridgehead atoms. The van der Waals surface area contributed by atoms with Crippen LogP contribution in [0.25, 0.3) is 0 Å². The van der Waals surface area contributed by atoms with Gasteiger partial charge in [0, 0.05) is 5.56 Å². The summed E-state index contributed by atoms with van der Waals surface area (Å²) in [4.78, 5) is 0. The highest BCUT2D eigenvalue weighted by atomic mass is 16.5. The highest BCUT2D eigenvalue weighted by Crippen LogP contribution is 2.45. The number of ether oxygens (including phenoxy) is 1. The molecular weight excluding hydrogens is 172 g/mol. The molecule has 14 heavy (non-hydrogen) atoms. The molecule has 1 heteroatoms. The Kier molecular flexibility index (Phi) is 2.49. The number of aryl methyl sites for hydroxylation is 1. The van der Waals surface area contributed by atoms with E-state index in [1.807, 2.05) is 0 Å². The molecule has 1 aromatic carbocycles. The lowest BCUT2D eigenvalue weighted by molar-refractivity contribution is 0.240. The molecule has 0 heterocycles. The Bertz CT molecular complexity index is 324. The first-order chi connectivity index (χ1) is 6.68. The third-order valence-corrected chi connectivity index (χ3v) is 2.63. The smallest absolute Gasteiger partial charge is 0.123 e. The van der Waals surface area contributed by atoms with Gasteiger partial charge in [-0.25, -0.2) is 0 Å². The summed E-state index contributed by atoms with van der Waals surface area (Å²) in [5.41, 5.74) is 2.83. The maximum atomic E-state index is 5.83. The molecule has 1 aromatic rings. The molecule has 0 atom stereocenters. The third-order valence-electron chi connectivity index (χ3n) is 2.63. The molecule has 0 saturated heterocycles. The van der Waals surface area contributed by atoms with Gasteiger partial charge >= 0.3 is 0 Å². The van der Waals surface area contributed by atoms with Gasteiger partial charge in [0.25, 0.3) is 0 Å². The normalized spacial score (nSPS) is 16.0. The van der Waals surface area contributed by atoms with Crippen LogP contribution in [0.15, 0.2) is 18.2 Å². The molecule has 0 aliphatic heterocycles. The minimum atomic E-state index is 0.272. The number of benzene rings is 1. The lowest BCUT2D eigenvalue weighted by Gasteiger charge is -2.15. The first-order valence-corrected chi connectivity index (χ1v) is 5.44. The van der Waals surface area contributed by atoms with E-state index in [9.17, 15) is 0 Å². The monoisotopic (exact) mass is 190 g/mol. The van der Waals surface area contributed by atoms with Crippen LogP contribution in [-0.4, -0.2) is 6.10 Å². The van der Waals surface area contributed by atoms with Crippen LogP contribution in [0.1, 0.15) is 43.7 Å². The van der Waals surface area contributed by atoms with Crippen molar-refractivity contribution >= 4 is 0 Å². The van der Waals surface area contributed by atoms with Crippen molar-refractivity contribution in [2.24, 2.45) is 0 Å². The summed E-state index contributed by atoms with van der Waals surface area (Å²) in [6, 6.07) is 6.36. The molecular formula is C13H18O. The summed E-state index contributed by atoms with van der Waals surface area (Å²) in [5.74, 6) is 1.87. The van der Waals surface area contributed by atoms with E-state index < -0.39 is 0 Å². The van der Waals surface area contributed by atoms with E-state index in [2.05, 4.69) is 39.0 Å². The standard InChI is InChI=1S/C13H18O/c1-9(2)14-12-6-4-5-10(3)13(12)11-7-8-11/h4-6,9,11H,7-8H2,1-3H3. The number of hydrogen-bond donors (Lipinski definition) is 0. The van der Waals surface area contributed by atoms with Gasteiger partial charge in [0.05, 0.1) is 6.10 Å². The Morgan fingerprint density at radius 1 is 1.29 bits per heavy atom. The van der Waals surface area contributed by atoms with Gasteiger partial charge in [-0.1, -0.05) is 12.1 Å². The molecule has 1 fully saturated rings. The zero-order valence-corrected chi connectivity index (χ0v) is 9.21. The molecule has 0 radical (unpaired) electrons. The van der Waals surface area contributed by atoms with Crippen LogP contribution in [0.3, 0.4) is 0 Å². The van der Waals surface area contributed by atoms with E-state index in [1.54, 1.807) is 0 Å². The zero-order valence-electron chi connectivity index (χ0n) is 9.21. The average Bonchev–Trinajstić information content (AvgIpc) is 2.86. The third kappa shape index (κ3) is 1.92. The van der Waals surface area contributed by atoms with Crippen molar-refractivity contribution in [3.63, 3.8) is 0 Å². The minimum Gasteiger partial charge on any atom is -0.491 e. The van der Waals surface area contributed by atoms with Crippen molar-refractivity contribution in [3.8, 4) is 5.75 Å². The van der Waals surface area contributed by atoms with E-state index in [0.29, 0.717) is 0 Å². The minimum absolute atomic E-state index is 0.272. The van der Waals surface area contributed by atoms with Gasteiger partial charge in [-0.15, -0.1) is 0 Å². The van der Waals surface area contributed by atoms with Gasteiger partial charge in [0.1, 0.15) is 5.75 Å². The van der Waals surface area contributed by atoms with E-state index in [-0.39, 0.29) is 6.10 Å². The maximum Gasteiger partial charge on any atom is 0.123 e. The van der Waals surface area contributed by atoms with Gasteiger partial charge in [-0.3, -0.25) is 0 Å². The van der Waals surface area contributed by atoms with Crippen LogP contribution in [0.2, 0.25) is 0 Å². The zero-order chi connectivity index (χ0) is 10.1. The molecule has 0 N–H and O–H groups in total. The topological polar surface area (TPSA) is 9.23 Å². The van der Waals surface area contributed by atoms with Crippen LogP contribution >= 0.6 is 0 Å². The van der Waals surface area contributed by atoms with Crippen molar-refractivity contribution in [1.82, 2.24) is 0 Å². The van der Waals surface area contributed by atoms with Gasteiger partial charge in [-0.2, -0.15) is 0 Å². The summed E-state index contributed by atoms with van der Waals surface area (Å²) >= 11 is 0. The second kappa shape index (κ2) is 3.64. The molecule has 1 aliphatic rings. The van der Waals surface area contributed by atoms with Crippen LogP contribution in [-0.2, 0) is 0 Å². The predicted octanol–water partition coefficient (Wildman–Crippen LogP) is 3.66. The molecule has 1 saturated carbocycles. The molecule has 0 unspecified atom stereocenters. The van der Waals surface area contributed by atoms with Gasteiger partial charge in [0.2, 0.25) is 0 Å². The van der Waals surface area contributed by atoms with Crippen molar-refractivity contribution in [2.75, 3.05) is 0 Å². The molecule has 1 nitrogen and oxygen atoms in total. The van der Waals surface area contributed by atoms with Gasteiger partial charge in [0.15, 0.2) is 0 Å². The second-order valence-electron chi connectivity index (χ2n) is 4.43. The summed E-state index contributed by atoms with van der Waals surface area (Å²) in [5, 5.41) is 0. The largest absolute Gasteiger partial charge is 0.491 e. The summed E-state index contributed by atoms with van der Waals surface area (Å²) < 4.78 is 5.83. The Labute approximate surface area is 86.1 Å². The predicted molar refractivity (Wildman–Crippen MR) is 58.9 cm³/mol. The van der Waals surface area contributed by atoms with Crippen molar-refractivity contribution in [2.45, 2.75) is 45.6 Å². The van der Waals surface area contributed by atoms with E-state index in [4.69, 9.17) is 4.74 Å². The average molecular weight is 190 g/mol. The highest BCUT2D eigenvalue weighted by molar-refractivity contribution is 5.44. The fraction of sp³-hybridized carbons (Fsp3) is 0.538. The Balaban J connectivity index is 2.32. The van der Waals surface area contributed by atoms with Gasteiger partial charge < -0.3 is 4.74 Å². The molecule has 0 spiro atoms. The fourth-order valence-electron chi connectivity index (χ4n) is 1.91. The Morgan fingerprint density at radius 2 is 2.00 bits per heavy atom. The first kappa shape index (κ1) is 9.57. The summed E-state index contributed by atoms with van der Waals surface area (Å²) in [6.45, 7) is 6.35. The summed E-state index contributed by atoms with van der Waals surface area (Å²) in [7, 11) is 0. The maximum absolute atomic E-state index is 5.83. The Hall–Kier alpha value is -0.980. The lowest BCUT2D eigenvalue weighted by atomic mass is 10.0. The summed E-state index contributed by atoms with van der Waals surface area (Å²) in [6.07, 6.45) is 2.94. The molecule has 76 valence electrons. The number of rotatable bonds is 3. The molecule has 2 rings (SSSR count).